The molecular weight excluding hydrogens is 226 g/mol. The molecule has 1 aromatic rings. The van der Waals surface area contributed by atoms with E-state index in [1.807, 2.05) is 0 Å². The molecule has 1 heterocycles. The van der Waals surface area contributed by atoms with Crippen LogP contribution >= 0.6 is 0 Å². The quantitative estimate of drug-likeness (QED) is 0.807. The largest absolute Gasteiger partial charge is 0.386 e. The van der Waals surface area contributed by atoms with Gasteiger partial charge in [-0.15, -0.1) is 0 Å². The summed E-state index contributed by atoms with van der Waals surface area (Å²) in [5, 5.41) is 6.15. The average Bonchev–Trinajstić information content (AvgIpc) is 2.67. The van der Waals surface area contributed by atoms with Crippen molar-refractivity contribution >= 4 is 11.6 Å². The van der Waals surface area contributed by atoms with Crippen molar-refractivity contribution in [1.82, 2.24) is 10.3 Å². The van der Waals surface area contributed by atoms with Gasteiger partial charge < -0.3 is 10.6 Å². The van der Waals surface area contributed by atoms with E-state index < -0.39 is 0 Å². The van der Waals surface area contributed by atoms with Gasteiger partial charge in [0.15, 0.2) is 0 Å². The molecule has 1 amide bonds. The minimum Gasteiger partial charge on any atom is -0.386 e. The first-order valence-electron chi connectivity index (χ1n) is 6.74. The van der Waals surface area contributed by atoms with Crippen LogP contribution in [0.4, 0.5) is 5.69 Å². The van der Waals surface area contributed by atoms with Gasteiger partial charge in [0.2, 0.25) is 0 Å². The lowest BCUT2D eigenvalue weighted by atomic mass is 10.1. The highest BCUT2D eigenvalue weighted by Crippen LogP contribution is 2.19. The summed E-state index contributed by atoms with van der Waals surface area (Å²) in [6, 6.07) is 2.09. The number of hydrogen-bond acceptors (Lipinski definition) is 3. The highest BCUT2D eigenvalue weighted by atomic mass is 16.1. The Kier molecular flexibility index (Phi) is 4.56. The molecule has 0 atom stereocenters. The summed E-state index contributed by atoms with van der Waals surface area (Å²) in [6.07, 6.45) is 10.6. The summed E-state index contributed by atoms with van der Waals surface area (Å²) < 4.78 is 0. The fourth-order valence-corrected chi connectivity index (χ4v) is 2.48. The van der Waals surface area contributed by atoms with Crippen LogP contribution in [-0.4, -0.2) is 24.0 Å². The number of carbonyl (C=O) groups excluding carboxylic acids is 1. The van der Waals surface area contributed by atoms with Gasteiger partial charge in [-0.1, -0.05) is 25.7 Å². The molecule has 0 aliphatic heterocycles. The molecular formula is C14H21N3O. The van der Waals surface area contributed by atoms with Gasteiger partial charge in [-0.05, 0) is 18.9 Å². The zero-order valence-electron chi connectivity index (χ0n) is 10.9. The molecule has 1 fully saturated rings. The smallest absolute Gasteiger partial charge is 0.253 e. The number of nitrogens with one attached hydrogen (secondary N) is 2. The molecule has 18 heavy (non-hydrogen) atoms. The Morgan fingerprint density at radius 1 is 1.28 bits per heavy atom. The van der Waals surface area contributed by atoms with E-state index in [4.69, 9.17) is 0 Å². The minimum absolute atomic E-state index is 0.00801. The van der Waals surface area contributed by atoms with Crippen LogP contribution in [0.5, 0.6) is 0 Å². The first kappa shape index (κ1) is 12.9. The normalized spacial score (nSPS) is 16.9. The van der Waals surface area contributed by atoms with Gasteiger partial charge in [0, 0.05) is 19.3 Å². The molecule has 0 bridgehead atoms. The molecule has 98 valence electrons. The maximum atomic E-state index is 12.2. The molecule has 0 unspecified atom stereocenters. The number of amides is 1. The number of hydrogen-bond donors (Lipinski definition) is 2. The SMILES string of the molecule is CNc1cnccc1C(=O)NC1CCCCCC1. The Morgan fingerprint density at radius 2 is 2.00 bits per heavy atom. The second-order valence-electron chi connectivity index (χ2n) is 4.83. The Balaban J connectivity index is 2.02. The van der Waals surface area contributed by atoms with E-state index in [1.165, 1.54) is 25.7 Å². The molecule has 1 aromatic heterocycles. The van der Waals surface area contributed by atoms with Crippen LogP contribution in [-0.2, 0) is 0 Å². The van der Waals surface area contributed by atoms with Crippen LogP contribution in [0, 0.1) is 0 Å². The lowest BCUT2D eigenvalue weighted by Gasteiger charge is -2.17. The van der Waals surface area contributed by atoms with E-state index in [0.717, 1.165) is 18.5 Å². The Labute approximate surface area is 108 Å². The van der Waals surface area contributed by atoms with Gasteiger partial charge in [0.1, 0.15) is 0 Å². The van der Waals surface area contributed by atoms with Crippen molar-refractivity contribution in [2.45, 2.75) is 44.6 Å². The van der Waals surface area contributed by atoms with E-state index in [0.29, 0.717) is 11.6 Å². The summed E-state index contributed by atoms with van der Waals surface area (Å²) in [5.74, 6) is 0.00801. The van der Waals surface area contributed by atoms with E-state index in [2.05, 4.69) is 15.6 Å². The fourth-order valence-electron chi connectivity index (χ4n) is 2.48. The van der Waals surface area contributed by atoms with E-state index in [9.17, 15) is 4.79 Å². The van der Waals surface area contributed by atoms with Gasteiger partial charge in [-0.3, -0.25) is 9.78 Å². The number of rotatable bonds is 3. The predicted octanol–water partition coefficient (Wildman–Crippen LogP) is 2.58. The van der Waals surface area contributed by atoms with Crippen LogP contribution in [0.15, 0.2) is 18.5 Å². The van der Waals surface area contributed by atoms with E-state index in [-0.39, 0.29) is 5.91 Å². The summed E-state index contributed by atoms with van der Waals surface area (Å²) in [5.41, 5.74) is 1.46. The second-order valence-corrected chi connectivity index (χ2v) is 4.83. The summed E-state index contributed by atoms with van der Waals surface area (Å²) in [6.45, 7) is 0. The number of anilines is 1. The molecule has 1 aliphatic carbocycles. The third-order valence-electron chi connectivity index (χ3n) is 3.53. The molecule has 0 saturated heterocycles. The van der Waals surface area contributed by atoms with Crippen LogP contribution in [0.25, 0.3) is 0 Å². The minimum atomic E-state index is 0.00801. The molecule has 2 N–H and O–H groups in total. The van der Waals surface area contributed by atoms with Gasteiger partial charge in [-0.25, -0.2) is 0 Å². The molecule has 1 saturated carbocycles. The molecule has 1 aliphatic rings. The van der Waals surface area contributed by atoms with Crippen molar-refractivity contribution in [3.8, 4) is 0 Å². The third-order valence-corrected chi connectivity index (χ3v) is 3.53. The first-order chi connectivity index (χ1) is 8.81. The highest BCUT2D eigenvalue weighted by molar-refractivity contribution is 5.99. The van der Waals surface area contributed by atoms with Crippen molar-refractivity contribution in [2.24, 2.45) is 0 Å². The van der Waals surface area contributed by atoms with Crippen LogP contribution in [0.1, 0.15) is 48.9 Å². The van der Waals surface area contributed by atoms with Crippen molar-refractivity contribution in [1.29, 1.82) is 0 Å². The van der Waals surface area contributed by atoms with Crippen molar-refractivity contribution in [2.75, 3.05) is 12.4 Å². The topological polar surface area (TPSA) is 54.0 Å². The summed E-state index contributed by atoms with van der Waals surface area (Å²) >= 11 is 0. The molecule has 4 nitrogen and oxygen atoms in total. The van der Waals surface area contributed by atoms with E-state index >= 15 is 0 Å². The van der Waals surface area contributed by atoms with Gasteiger partial charge in [0.25, 0.3) is 5.91 Å². The number of nitrogens with zero attached hydrogens (tertiary/aromatic N) is 1. The Bertz CT molecular complexity index is 398. The van der Waals surface area contributed by atoms with Gasteiger partial charge in [-0.2, -0.15) is 0 Å². The standard InChI is InChI=1S/C14H21N3O/c1-15-13-10-16-9-8-12(13)14(18)17-11-6-4-2-3-5-7-11/h8-11,15H,2-7H2,1H3,(H,17,18). The fraction of sp³-hybridized carbons (Fsp3) is 0.571. The number of aromatic nitrogens is 1. The molecule has 0 radical (unpaired) electrons. The van der Waals surface area contributed by atoms with Crippen LogP contribution in [0.2, 0.25) is 0 Å². The second kappa shape index (κ2) is 6.38. The first-order valence-corrected chi connectivity index (χ1v) is 6.74. The molecule has 0 spiro atoms. The Morgan fingerprint density at radius 3 is 2.67 bits per heavy atom. The summed E-state index contributed by atoms with van der Waals surface area (Å²) in [4.78, 5) is 16.2. The van der Waals surface area contributed by atoms with Crippen molar-refractivity contribution in [3.63, 3.8) is 0 Å². The zero-order chi connectivity index (χ0) is 12.8. The summed E-state index contributed by atoms with van der Waals surface area (Å²) in [7, 11) is 1.81. The molecule has 2 rings (SSSR count). The highest BCUT2D eigenvalue weighted by Gasteiger charge is 2.17. The van der Waals surface area contributed by atoms with E-state index in [1.54, 1.807) is 25.5 Å². The molecule has 0 aromatic carbocycles. The van der Waals surface area contributed by atoms with Crippen LogP contribution < -0.4 is 10.6 Å². The lowest BCUT2D eigenvalue weighted by molar-refractivity contribution is 0.0934. The Hall–Kier alpha value is -1.58. The maximum Gasteiger partial charge on any atom is 0.253 e. The average molecular weight is 247 g/mol. The number of pyridine rings is 1. The molecule has 4 heteroatoms. The lowest BCUT2D eigenvalue weighted by Crippen LogP contribution is -2.34. The van der Waals surface area contributed by atoms with Crippen molar-refractivity contribution < 1.29 is 4.79 Å². The van der Waals surface area contributed by atoms with Gasteiger partial charge >= 0.3 is 0 Å². The zero-order valence-corrected chi connectivity index (χ0v) is 10.9. The monoisotopic (exact) mass is 247 g/mol. The predicted molar refractivity (Wildman–Crippen MR) is 72.7 cm³/mol. The third kappa shape index (κ3) is 3.22. The van der Waals surface area contributed by atoms with Gasteiger partial charge in [0.05, 0.1) is 17.4 Å². The number of carbonyl (C=O) groups is 1. The van der Waals surface area contributed by atoms with Crippen molar-refractivity contribution in [3.05, 3.63) is 24.0 Å². The maximum absolute atomic E-state index is 12.2. The van der Waals surface area contributed by atoms with Crippen LogP contribution in [0.3, 0.4) is 0 Å².